The van der Waals surface area contributed by atoms with Crippen LogP contribution in [0.4, 0.5) is 0 Å². The first-order valence-corrected chi connectivity index (χ1v) is 8.33. The van der Waals surface area contributed by atoms with Crippen molar-refractivity contribution < 1.29 is 4.79 Å². The Bertz CT molecular complexity index is 227. The summed E-state index contributed by atoms with van der Waals surface area (Å²) in [6, 6.07) is 0. The maximum Gasteiger partial charge on any atom is 0.132 e. The van der Waals surface area contributed by atoms with E-state index in [4.69, 9.17) is 0 Å². The average molecular weight is 196 g/mol. The molecule has 0 fully saturated rings. The van der Waals surface area contributed by atoms with Crippen LogP contribution in [-0.2, 0) is 4.79 Å². The minimum absolute atomic E-state index is 0.177. The molecule has 13 heavy (non-hydrogen) atoms. The first-order valence-electron chi connectivity index (χ1n) is 4.83. The molecule has 0 rings (SSSR count). The van der Waals surface area contributed by atoms with Crippen LogP contribution in [0.2, 0.25) is 19.6 Å². The van der Waals surface area contributed by atoms with E-state index in [1.165, 1.54) is 0 Å². The Morgan fingerprint density at radius 3 is 2.31 bits per heavy atom. The molecule has 0 spiro atoms. The standard InChI is InChI=1S/C11H20OSi/c1-10(11(2)12)8-6-7-9-13(3,4)5/h10H,6,8H2,1-5H3/t10-/m0/s1. The highest BCUT2D eigenvalue weighted by Crippen LogP contribution is 2.06. The van der Waals surface area contributed by atoms with Crippen LogP contribution in [0.15, 0.2) is 0 Å². The molecule has 0 aromatic rings. The summed E-state index contributed by atoms with van der Waals surface area (Å²) < 4.78 is 0. The normalized spacial score (nSPS) is 13.0. The number of ketones is 1. The van der Waals surface area contributed by atoms with E-state index in [9.17, 15) is 4.79 Å². The van der Waals surface area contributed by atoms with Gasteiger partial charge in [-0.1, -0.05) is 26.6 Å². The summed E-state index contributed by atoms with van der Waals surface area (Å²) in [6.07, 6.45) is 1.78. The van der Waals surface area contributed by atoms with Crippen molar-refractivity contribution in [3.8, 4) is 11.5 Å². The van der Waals surface area contributed by atoms with Crippen LogP contribution in [0.5, 0.6) is 0 Å². The van der Waals surface area contributed by atoms with Crippen LogP contribution < -0.4 is 0 Å². The fourth-order valence-electron chi connectivity index (χ4n) is 0.820. The Morgan fingerprint density at radius 2 is 1.92 bits per heavy atom. The van der Waals surface area contributed by atoms with Gasteiger partial charge in [0.15, 0.2) is 0 Å². The highest BCUT2D eigenvalue weighted by molar-refractivity contribution is 6.83. The molecule has 1 atom stereocenters. The van der Waals surface area contributed by atoms with Crippen molar-refractivity contribution in [3.05, 3.63) is 0 Å². The van der Waals surface area contributed by atoms with Gasteiger partial charge in [0.25, 0.3) is 0 Å². The monoisotopic (exact) mass is 196 g/mol. The van der Waals surface area contributed by atoms with Gasteiger partial charge < -0.3 is 0 Å². The number of hydrogen-bond donors (Lipinski definition) is 0. The van der Waals surface area contributed by atoms with Gasteiger partial charge in [-0.05, 0) is 13.3 Å². The molecular weight excluding hydrogens is 176 g/mol. The highest BCUT2D eigenvalue weighted by Gasteiger charge is 2.08. The molecule has 0 radical (unpaired) electrons. The fraction of sp³-hybridized carbons (Fsp3) is 0.727. The first-order chi connectivity index (χ1) is 5.83. The van der Waals surface area contributed by atoms with E-state index < -0.39 is 8.07 Å². The zero-order valence-corrected chi connectivity index (χ0v) is 10.4. The van der Waals surface area contributed by atoms with Gasteiger partial charge in [0.05, 0.1) is 0 Å². The summed E-state index contributed by atoms with van der Waals surface area (Å²) in [4.78, 5) is 10.9. The third kappa shape index (κ3) is 7.80. The number of carbonyl (C=O) groups excluding carboxylic acids is 1. The zero-order chi connectivity index (χ0) is 10.5. The third-order valence-corrected chi connectivity index (χ3v) is 2.79. The van der Waals surface area contributed by atoms with Crippen molar-refractivity contribution in [1.29, 1.82) is 0 Å². The Balaban J connectivity index is 3.78. The molecule has 0 bridgehead atoms. The van der Waals surface area contributed by atoms with E-state index in [2.05, 4.69) is 31.1 Å². The van der Waals surface area contributed by atoms with E-state index in [1.807, 2.05) is 6.92 Å². The minimum atomic E-state index is -1.20. The van der Waals surface area contributed by atoms with Crippen molar-refractivity contribution >= 4 is 13.9 Å². The first kappa shape index (κ1) is 12.4. The van der Waals surface area contributed by atoms with Gasteiger partial charge in [-0.25, -0.2) is 0 Å². The smallest absolute Gasteiger partial charge is 0.132 e. The molecular formula is C11H20OSi. The zero-order valence-electron chi connectivity index (χ0n) is 9.40. The topological polar surface area (TPSA) is 17.1 Å². The summed E-state index contributed by atoms with van der Waals surface area (Å²) >= 11 is 0. The molecule has 0 aliphatic rings. The van der Waals surface area contributed by atoms with E-state index in [0.29, 0.717) is 0 Å². The molecule has 2 heteroatoms. The van der Waals surface area contributed by atoms with Gasteiger partial charge in [0, 0.05) is 12.3 Å². The number of rotatable bonds is 3. The van der Waals surface area contributed by atoms with Crippen LogP contribution in [-0.4, -0.2) is 13.9 Å². The van der Waals surface area contributed by atoms with Crippen LogP contribution >= 0.6 is 0 Å². The maximum absolute atomic E-state index is 10.9. The molecule has 0 saturated heterocycles. The van der Waals surface area contributed by atoms with Crippen molar-refractivity contribution in [1.82, 2.24) is 0 Å². The number of hydrogen-bond acceptors (Lipinski definition) is 1. The molecule has 0 aromatic heterocycles. The molecule has 0 aromatic carbocycles. The van der Waals surface area contributed by atoms with E-state index in [0.717, 1.165) is 12.8 Å². The lowest BCUT2D eigenvalue weighted by atomic mass is 10.0. The van der Waals surface area contributed by atoms with Crippen molar-refractivity contribution in [2.75, 3.05) is 0 Å². The van der Waals surface area contributed by atoms with Gasteiger partial charge in [-0.2, -0.15) is 0 Å². The molecule has 0 aliphatic carbocycles. The second-order valence-corrected chi connectivity index (χ2v) is 9.35. The highest BCUT2D eigenvalue weighted by atomic mass is 28.3. The summed E-state index contributed by atoms with van der Waals surface area (Å²) in [7, 11) is -1.20. The predicted octanol–water partition coefficient (Wildman–Crippen LogP) is 2.87. The van der Waals surface area contributed by atoms with E-state index in [-0.39, 0.29) is 11.7 Å². The lowest BCUT2D eigenvalue weighted by Crippen LogP contribution is -2.16. The van der Waals surface area contributed by atoms with Gasteiger partial charge in [0.2, 0.25) is 0 Å². The molecule has 0 aliphatic heterocycles. The Labute approximate surface area is 82.9 Å². The van der Waals surface area contributed by atoms with Crippen molar-refractivity contribution in [2.24, 2.45) is 5.92 Å². The fourth-order valence-corrected chi connectivity index (χ4v) is 1.47. The second kappa shape index (κ2) is 5.24. The maximum atomic E-state index is 10.9. The van der Waals surface area contributed by atoms with Gasteiger partial charge >= 0.3 is 0 Å². The SMILES string of the molecule is CC(=O)[C@@H](C)CCC#C[Si](C)(C)C. The minimum Gasteiger partial charge on any atom is -0.300 e. The lowest BCUT2D eigenvalue weighted by Gasteiger charge is -2.05. The molecule has 1 nitrogen and oxygen atoms in total. The number of carbonyl (C=O) groups is 1. The van der Waals surface area contributed by atoms with Gasteiger partial charge in [-0.15, -0.1) is 11.5 Å². The Hall–Kier alpha value is -0.553. The molecule has 0 saturated carbocycles. The summed E-state index contributed by atoms with van der Waals surface area (Å²) in [5.74, 6) is 3.62. The average Bonchev–Trinajstić information content (AvgIpc) is 1.95. The van der Waals surface area contributed by atoms with E-state index in [1.54, 1.807) is 6.92 Å². The molecule has 0 N–H and O–H groups in total. The Morgan fingerprint density at radius 1 is 1.38 bits per heavy atom. The predicted molar refractivity (Wildman–Crippen MR) is 60.2 cm³/mol. The molecule has 74 valence electrons. The van der Waals surface area contributed by atoms with Crippen LogP contribution in [0.3, 0.4) is 0 Å². The summed E-state index contributed by atoms with van der Waals surface area (Å²) in [5, 5.41) is 0. The van der Waals surface area contributed by atoms with Crippen molar-refractivity contribution in [2.45, 2.75) is 46.3 Å². The second-order valence-electron chi connectivity index (χ2n) is 4.60. The largest absolute Gasteiger partial charge is 0.300 e. The summed E-state index contributed by atoms with van der Waals surface area (Å²) in [5.41, 5.74) is 3.29. The van der Waals surface area contributed by atoms with Crippen LogP contribution in [0.25, 0.3) is 0 Å². The molecule has 0 amide bonds. The van der Waals surface area contributed by atoms with E-state index >= 15 is 0 Å². The van der Waals surface area contributed by atoms with Gasteiger partial charge in [0.1, 0.15) is 13.9 Å². The van der Waals surface area contributed by atoms with Gasteiger partial charge in [-0.3, -0.25) is 4.79 Å². The number of Topliss-reactive ketones (excluding diaryl/α,β-unsaturated/α-hetero) is 1. The van der Waals surface area contributed by atoms with Crippen LogP contribution in [0, 0.1) is 17.4 Å². The quantitative estimate of drug-likeness (QED) is 0.501. The van der Waals surface area contributed by atoms with Crippen molar-refractivity contribution in [3.63, 3.8) is 0 Å². The Kier molecular flexibility index (Phi) is 5.01. The molecule has 0 unspecified atom stereocenters. The molecule has 0 heterocycles. The third-order valence-electron chi connectivity index (χ3n) is 1.86. The lowest BCUT2D eigenvalue weighted by molar-refractivity contribution is -0.120. The summed E-state index contributed by atoms with van der Waals surface area (Å²) in [6.45, 7) is 10.3. The van der Waals surface area contributed by atoms with Crippen LogP contribution in [0.1, 0.15) is 26.7 Å².